The second kappa shape index (κ2) is 8.03. The summed E-state index contributed by atoms with van der Waals surface area (Å²) in [6, 6.07) is 5.17. The quantitative estimate of drug-likeness (QED) is 0.821. The number of ether oxygens (including phenoxy) is 3. The molecule has 2 rings (SSSR count). The molecule has 1 aliphatic rings. The number of amides is 2. The van der Waals surface area contributed by atoms with E-state index < -0.39 is 6.10 Å². The maximum absolute atomic E-state index is 12.2. The predicted octanol–water partition coefficient (Wildman–Crippen LogP) is 1.17. The number of carbonyl (C=O) groups excluding carboxylic acids is 1. The Morgan fingerprint density at radius 2 is 2.09 bits per heavy atom. The number of carbonyl (C=O) groups is 1. The second-order valence-corrected chi connectivity index (χ2v) is 5.56. The van der Waals surface area contributed by atoms with Crippen molar-refractivity contribution in [2.75, 3.05) is 40.5 Å². The average Bonchev–Trinajstić information content (AvgIpc) is 2.54. The van der Waals surface area contributed by atoms with Crippen molar-refractivity contribution in [3.05, 3.63) is 23.8 Å². The van der Waals surface area contributed by atoms with Gasteiger partial charge in [-0.1, -0.05) is 6.07 Å². The van der Waals surface area contributed by atoms with E-state index in [4.69, 9.17) is 14.2 Å². The van der Waals surface area contributed by atoms with Gasteiger partial charge in [0.1, 0.15) is 13.2 Å². The molecule has 2 amide bonds. The van der Waals surface area contributed by atoms with Crippen LogP contribution in [0.25, 0.3) is 0 Å². The van der Waals surface area contributed by atoms with Gasteiger partial charge < -0.3 is 29.5 Å². The third-order valence-corrected chi connectivity index (χ3v) is 3.60. The Labute approximate surface area is 136 Å². The Bertz CT molecular complexity index is 537. The largest absolute Gasteiger partial charge is 0.486 e. The predicted molar refractivity (Wildman–Crippen MR) is 84.9 cm³/mol. The fourth-order valence-corrected chi connectivity index (χ4v) is 2.35. The van der Waals surface area contributed by atoms with E-state index in [9.17, 15) is 9.90 Å². The van der Waals surface area contributed by atoms with Crippen molar-refractivity contribution in [1.29, 1.82) is 0 Å². The molecule has 23 heavy (non-hydrogen) atoms. The standard InChI is InChI=1S/C16H24N2O5/c1-11(17-16(20)18(2)9-13(19)10-21-3)12-4-5-14-15(8-12)23-7-6-22-14/h4-5,8,11,13,19H,6-7,9-10H2,1-3H3,(H,17,20)/t11-,13+/m0/s1. The number of likely N-dealkylation sites (N-methyl/N-ethyl adjacent to an activating group) is 1. The molecule has 0 aliphatic carbocycles. The lowest BCUT2D eigenvalue weighted by Crippen LogP contribution is -2.43. The van der Waals surface area contributed by atoms with Crippen molar-refractivity contribution in [2.24, 2.45) is 0 Å². The summed E-state index contributed by atoms with van der Waals surface area (Å²) in [4.78, 5) is 13.6. The van der Waals surface area contributed by atoms with Crippen molar-refractivity contribution in [2.45, 2.75) is 19.1 Å². The van der Waals surface area contributed by atoms with Crippen LogP contribution in [0.1, 0.15) is 18.5 Å². The van der Waals surface area contributed by atoms with Gasteiger partial charge in [-0.15, -0.1) is 0 Å². The Morgan fingerprint density at radius 1 is 1.39 bits per heavy atom. The number of urea groups is 1. The van der Waals surface area contributed by atoms with E-state index in [1.165, 1.54) is 12.0 Å². The van der Waals surface area contributed by atoms with Crippen molar-refractivity contribution in [1.82, 2.24) is 10.2 Å². The number of hydrogen-bond acceptors (Lipinski definition) is 5. The van der Waals surface area contributed by atoms with E-state index >= 15 is 0 Å². The fourth-order valence-electron chi connectivity index (χ4n) is 2.35. The molecule has 0 saturated heterocycles. The summed E-state index contributed by atoms with van der Waals surface area (Å²) in [5.74, 6) is 1.41. The van der Waals surface area contributed by atoms with E-state index in [1.807, 2.05) is 25.1 Å². The molecule has 1 aliphatic heterocycles. The van der Waals surface area contributed by atoms with E-state index in [2.05, 4.69) is 5.32 Å². The molecule has 2 atom stereocenters. The third kappa shape index (κ3) is 4.74. The maximum Gasteiger partial charge on any atom is 0.317 e. The van der Waals surface area contributed by atoms with Crippen molar-refractivity contribution >= 4 is 6.03 Å². The van der Waals surface area contributed by atoms with Gasteiger partial charge >= 0.3 is 6.03 Å². The van der Waals surface area contributed by atoms with Crippen LogP contribution < -0.4 is 14.8 Å². The number of nitrogens with one attached hydrogen (secondary N) is 1. The lowest BCUT2D eigenvalue weighted by atomic mass is 10.1. The summed E-state index contributed by atoms with van der Waals surface area (Å²) in [5.41, 5.74) is 0.924. The van der Waals surface area contributed by atoms with Gasteiger partial charge in [-0.2, -0.15) is 0 Å². The first-order valence-electron chi connectivity index (χ1n) is 7.59. The molecule has 1 aromatic carbocycles. The van der Waals surface area contributed by atoms with E-state index in [0.29, 0.717) is 19.0 Å². The first kappa shape index (κ1) is 17.4. The third-order valence-electron chi connectivity index (χ3n) is 3.60. The number of methoxy groups -OCH3 is 1. The number of hydrogen-bond donors (Lipinski definition) is 2. The van der Waals surface area contributed by atoms with Crippen molar-refractivity contribution in [3.8, 4) is 11.5 Å². The molecule has 7 heteroatoms. The van der Waals surface area contributed by atoms with Gasteiger partial charge in [0.05, 0.1) is 25.3 Å². The van der Waals surface area contributed by atoms with E-state index in [-0.39, 0.29) is 25.2 Å². The van der Waals surface area contributed by atoms with Gasteiger partial charge in [-0.25, -0.2) is 4.79 Å². The van der Waals surface area contributed by atoms with Crippen LogP contribution in [0.4, 0.5) is 4.79 Å². The highest BCUT2D eigenvalue weighted by Gasteiger charge is 2.18. The van der Waals surface area contributed by atoms with Crippen LogP contribution >= 0.6 is 0 Å². The Balaban J connectivity index is 1.93. The van der Waals surface area contributed by atoms with Gasteiger partial charge in [-0.3, -0.25) is 0 Å². The number of rotatable bonds is 6. The van der Waals surface area contributed by atoms with E-state index in [1.54, 1.807) is 7.05 Å². The highest BCUT2D eigenvalue weighted by Crippen LogP contribution is 2.32. The molecule has 0 bridgehead atoms. The molecule has 1 aromatic rings. The number of nitrogens with zero attached hydrogens (tertiary/aromatic N) is 1. The summed E-state index contributed by atoms with van der Waals surface area (Å²) in [5, 5.41) is 12.6. The van der Waals surface area contributed by atoms with Crippen LogP contribution in [0.5, 0.6) is 11.5 Å². The molecular weight excluding hydrogens is 300 g/mol. The highest BCUT2D eigenvalue weighted by atomic mass is 16.6. The van der Waals surface area contributed by atoms with E-state index in [0.717, 1.165) is 11.3 Å². The zero-order chi connectivity index (χ0) is 16.8. The molecular formula is C16H24N2O5. The van der Waals surface area contributed by atoms with Gasteiger partial charge in [0.15, 0.2) is 11.5 Å². The van der Waals surface area contributed by atoms with Crippen LogP contribution in [0.3, 0.4) is 0 Å². The number of aliphatic hydroxyl groups excluding tert-OH is 1. The van der Waals surface area contributed by atoms with Crippen molar-refractivity contribution < 1.29 is 24.1 Å². The molecule has 7 nitrogen and oxygen atoms in total. The van der Waals surface area contributed by atoms with Crippen LogP contribution in [0.15, 0.2) is 18.2 Å². The SMILES string of the molecule is COC[C@H](O)CN(C)C(=O)N[C@@H](C)c1ccc2c(c1)OCCO2. The second-order valence-electron chi connectivity index (χ2n) is 5.56. The zero-order valence-electron chi connectivity index (χ0n) is 13.7. The number of fused-ring (bicyclic) bond motifs is 1. The minimum atomic E-state index is -0.708. The lowest BCUT2D eigenvalue weighted by molar-refractivity contribution is 0.0488. The normalized spacial score (nSPS) is 15.7. The Hall–Kier alpha value is -1.99. The van der Waals surface area contributed by atoms with Gasteiger partial charge in [-0.05, 0) is 24.6 Å². The smallest absolute Gasteiger partial charge is 0.317 e. The highest BCUT2D eigenvalue weighted by molar-refractivity contribution is 5.74. The summed E-state index contributed by atoms with van der Waals surface area (Å²) in [6.07, 6.45) is -0.708. The zero-order valence-corrected chi connectivity index (χ0v) is 13.7. The number of benzene rings is 1. The summed E-state index contributed by atoms with van der Waals surface area (Å²) >= 11 is 0. The molecule has 0 fully saturated rings. The Morgan fingerprint density at radius 3 is 2.78 bits per heavy atom. The number of aliphatic hydroxyl groups is 1. The molecule has 0 aromatic heterocycles. The molecule has 0 radical (unpaired) electrons. The molecule has 0 unspecified atom stereocenters. The summed E-state index contributed by atoms with van der Waals surface area (Å²) < 4.78 is 15.9. The van der Waals surface area contributed by atoms with Crippen LogP contribution in [0.2, 0.25) is 0 Å². The summed E-state index contributed by atoms with van der Waals surface area (Å²) in [7, 11) is 3.14. The molecule has 0 spiro atoms. The molecule has 1 heterocycles. The van der Waals surface area contributed by atoms with Gasteiger partial charge in [0.2, 0.25) is 0 Å². The first-order valence-corrected chi connectivity index (χ1v) is 7.59. The van der Waals surface area contributed by atoms with Gasteiger partial charge in [0.25, 0.3) is 0 Å². The average molecular weight is 324 g/mol. The molecule has 128 valence electrons. The first-order chi connectivity index (χ1) is 11.0. The fraction of sp³-hybridized carbons (Fsp3) is 0.562. The van der Waals surface area contributed by atoms with Crippen molar-refractivity contribution in [3.63, 3.8) is 0 Å². The maximum atomic E-state index is 12.2. The van der Waals surface area contributed by atoms with Crippen LogP contribution in [-0.2, 0) is 4.74 Å². The Kier molecular flexibility index (Phi) is 6.06. The minimum absolute atomic E-state index is 0.190. The minimum Gasteiger partial charge on any atom is -0.486 e. The molecule has 0 saturated carbocycles. The monoisotopic (exact) mass is 324 g/mol. The lowest BCUT2D eigenvalue weighted by Gasteiger charge is -2.24. The van der Waals surface area contributed by atoms with Crippen LogP contribution in [0, 0.1) is 0 Å². The van der Waals surface area contributed by atoms with Crippen LogP contribution in [-0.4, -0.2) is 62.7 Å². The topological polar surface area (TPSA) is 80.3 Å². The molecule has 2 N–H and O–H groups in total. The van der Waals surface area contributed by atoms with Gasteiger partial charge in [0, 0.05) is 14.2 Å². The summed E-state index contributed by atoms with van der Waals surface area (Å²) in [6.45, 7) is 3.36.